The van der Waals surface area contributed by atoms with Gasteiger partial charge in [0.1, 0.15) is 0 Å². The van der Waals surface area contributed by atoms with E-state index in [1.807, 2.05) is 6.92 Å². The molecule has 0 spiro atoms. The van der Waals surface area contributed by atoms with Crippen LogP contribution in [0.15, 0.2) is 21.2 Å². The van der Waals surface area contributed by atoms with Gasteiger partial charge >= 0.3 is 0 Å². The predicted octanol–water partition coefficient (Wildman–Crippen LogP) is 1.79. The van der Waals surface area contributed by atoms with Gasteiger partial charge < -0.3 is 9.73 Å². The monoisotopic (exact) mass is 217 g/mol. The molecule has 0 aliphatic carbocycles. The van der Waals surface area contributed by atoms with Gasteiger partial charge in [0.15, 0.2) is 10.4 Å². The van der Waals surface area contributed by atoms with Crippen LogP contribution in [0.4, 0.5) is 0 Å². The first-order valence-corrected chi connectivity index (χ1v) is 4.07. The molecule has 4 heteroatoms. The second-order valence-corrected chi connectivity index (χ2v) is 2.74. The lowest BCUT2D eigenvalue weighted by Gasteiger charge is -1.95. The number of amides is 1. The highest BCUT2D eigenvalue weighted by Gasteiger charge is 2.07. The smallest absolute Gasteiger partial charge is 0.287 e. The zero-order valence-corrected chi connectivity index (χ0v) is 7.64. The predicted molar refractivity (Wildman–Crippen MR) is 44.4 cm³/mol. The molecule has 1 aromatic heterocycles. The molecule has 0 aromatic carbocycles. The molecule has 1 aromatic rings. The van der Waals surface area contributed by atoms with Crippen molar-refractivity contribution in [3.63, 3.8) is 0 Å². The van der Waals surface area contributed by atoms with Crippen LogP contribution in [-0.2, 0) is 0 Å². The molecule has 0 atom stereocenters. The molecule has 60 valence electrons. The minimum absolute atomic E-state index is 0.182. The van der Waals surface area contributed by atoms with Crippen LogP contribution in [0.1, 0.15) is 17.5 Å². The van der Waals surface area contributed by atoms with E-state index in [-0.39, 0.29) is 5.91 Å². The van der Waals surface area contributed by atoms with Gasteiger partial charge in [0.25, 0.3) is 5.91 Å². The van der Waals surface area contributed by atoms with E-state index in [9.17, 15) is 4.79 Å². The molecule has 1 rings (SSSR count). The number of carbonyl (C=O) groups excluding carboxylic acids is 1. The van der Waals surface area contributed by atoms with Gasteiger partial charge in [0.05, 0.1) is 0 Å². The second-order valence-electron chi connectivity index (χ2n) is 1.96. The fourth-order valence-corrected chi connectivity index (χ4v) is 0.991. The highest BCUT2D eigenvalue weighted by Crippen LogP contribution is 2.13. The van der Waals surface area contributed by atoms with E-state index in [2.05, 4.69) is 21.2 Å². The average molecular weight is 218 g/mol. The Kier molecular flexibility index (Phi) is 2.70. The van der Waals surface area contributed by atoms with Crippen LogP contribution in [0.25, 0.3) is 0 Å². The van der Waals surface area contributed by atoms with Crippen LogP contribution in [0.3, 0.4) is 0 Å². The molecule has 0 radical (unpaired) electrons. The number of hydrogen-bond acceptors (Lipinski definition) is 2. The highest BCUT2D eigenvalue weighted by molar-refractivity contribution is 9.10. The summed E-state index contributed by atoms with van der Waals surface area (Å²) in [5, 5.41) is 2.62. The van der Waals surface area contributed by atoms with Crippen LogP contribution in [0.2, 0.25) is 0 Å². The standard InChI is InChI=1S/C7H8BrNO2/c1-2-9-7(10)5-3-4-6(8)11-5/h3-4H,2H2,1H3,(H,9,10). The molecule has 1 heterocycles. The van der Waals surface area contributed by atoms with E-state index >= 15 is 0 Å². The number of halogens is 1. The topological polar surface area (TPSA) is 42.2 Å². The number of nitrogens with one attached hydrogen (secondary N) is 1. The number of hydrogen-bond donors (Lipinski definition) is 1. The summed E-state index contributed by atoms with van der Waals surface area (Å²) in [6.45, 7) is 2.47. The summed E-state index contributed by atoms with van der Waals surface area (Å²) in [5.74, 6) is 0.150. The maximum atomic E-state index is 11.0. The van der Waals surface area contributed by atoms with Crippen molar-refractivity contribution < 1.29 is 9.21 Å². The van der Waals surface area contributed by atoms with Gasteiger partial charge in [-0.15, -0.1) is 0 Å². The Balaban J connectivity index is 2.69. The van der Waals surface area contributed by atoms with Crippen molar-refractivity contribution in [2.24, 2.45) is 0 Å². The molecule has 0 fully saturated rings. The molecule has 0 saturated carbocycles. The first-order valence-electron chi connectivity index (χ1n) is 3.27. The van der Waals surface area contributed by atoms with Gasteiger partial charge in [-0.3, -0.25) is 4.79 Å². The van der Waals surface area contributed by atoms with Crippen molar-refractivity contribution in [3.05, 3.63) is 22.6 Å². The third-order valence-electron chi connectivity index (χ3n) is 1.13. The van der Waals surface area contributed by atoms with Crippen LogP contribution in [-0.4, -0.2) is 12.5 Å². The van der Waals surface area contributed by atoms with Gasteiger partial charge in [-0.2, -0.15) is 0 Å². The number of rotatable bonds is 2. The quantitative estimate of drug-likeness (QED) is 0.822. The normalized spacial score (nSPS) is 9.64. The lowest BCUT2D eigenvalue weighted by atomic mass is 10.4. The van der Waals surface area contributed by atoms with Gasteiger partial charge in [-0.05, 0) is 35.0 Å². The van der Waals surface area contributed by atoms with Gasteiger partial charge in [0.2, 0.25) is 0 Å². The Bertz CT molecular complexity index is 257. The summed E-state index contributed by atoms with van der Waals surface area (Å²) in [5.41, 5.74) is 0. The second kappa shape index (κ2) is 3.57. The fourth-order valence-electron chi connectivity index (χ4n) is 0.684. The van der Waals surface area contributed by atoms with Gasteiger partial charge in [-0.1, -0.05) is 0 Å². The summed E-state index contributed by atoms with van der Waals surface area (Å²) >= 11 is 3.10. The summed E-state index contributed by atoms with van der Waals surface area (Å²) < 4.78 is 5.57. The lowest BCUT2D eigenvalue weighted by Crippen LogP contribution is -2.21. The third kappa shape index (κ3) is 2.08. The molecule has 0 saturated heterocycles. The van der Waals surface area contributed by atoms with E-state index in [0.29, 0.717) is 17.0 Å². The first kappa shape index (κ1) is 8.33. The Hall–Kier alpha value is -0.770. The molecular formula is C7H8BrNO2. The minimum atomic E-state index is -0.182. The minimum Gasteiger partial charge on any atom is -0.444 e. The van der Waals surface area contributed by atoms with E-state index in [1.165, 1.54) is 0 Å². The fraction of sp³-hybridized carbons (Fsp3) is 0.286. The van der Waals surface area contributed by atoms with E-state index in [4.69, 9.17) is 4.42 Å². The Morgan fingerprint density at radius 3 is 2.91 bits per heavy atom. The number of carbonyl (C=O) groups is 1. The number of furan rings is 1. The zero-order chi connectivity index (χ0) is 8.27. The van der Waals surface area contributed by atoms with Crippen molar-refractivity contribution in [2.45, 2.75) is 6.92 Å². The molecule has 11 heavy (non-hydrogen) atoms. The summed E-state index contributed by atoms with van der Waals surface area (Å²) in [4.78, 5) is 11.0. The molecule has 0 unspecified atom stereocenters. The van der Waals surface area contributed by atoms with Gasteiger partial charge in [-0.25, -0.2) is 0 Å². The first-order chi connectivity index (χ1) is 5.24. The summed E-state index contributed by atoms with van der Waals surface area (Å²) in [6.07, 6.45) is 0. The lowest BCUT2D eigenvalue weighted by molar-refractivity contribution is 0.0927. The van der Waals surface area contributed by atoms with E-state index in [0.717, 1.165) is 0 Å². The van der Waals surface area contributed by atoms with Crippen LogP contribution < -0.4 is 5.32 Å². The van der Waals surface area contributed by atoms with Crippen molar-refractivity contribution in [3.8, 4) is 0 Å². The molecular weight excluding hydrogens is 210 g/mol. The Labute approximate surface area is 72.9 Å². The van der Waals surface area contributed by atoms with E-state index in [1.54, 1.807) is 12.1 Å². The highest BCUT2D eigenvalue weighted by atomic mass is 79.9. The largest absolute Gasteiger partial charge is 0.444 e. The molecule has 0 aliphatic heterocycles. The average Bonchev–Trinajstić information content (AvgIpc) is 2.36. The van der Waals surface area contributed by atoms with Crippen LogP contribution >= 0.6 is 15.9 Å². The van der Waals surface area contributed by atoms with E-state index < -0.39 is 0 Å². The summed E-state index contributed by atoms with van der Waals surface area (Å²) in [7, 11) is 0. The SMILES string of the molecule is CCNC(=O)c1ccc(Br)o1. The molecule has 1 amide bonds. The summed E-state index contributed by atoms with van der Waals surface area (Å²) in [6, 6.07) is 3.31. The van der Waals surface area contributed by atoms with Crippen molar-refractivity contribution in [1.29, 1.82) is 0 Å². The molecule has 1 N–H and O–H groups in total. The van der Waals surface area contributed by atoms with Crippen molar-refractivity contribution in [2.75, 3.05) is 6.54 Å². The third-order valence-corrected chi connectivity index (χ3v) is 1.56. The Morgan fingerprint density at radius 1 is 1.73 bits per heavy atom. The van der Waals surface area contributed by atoms with Crippen molar-refractivity contribution in [1.82, 2.24) is 5.32 Å². The van der Waals surface area contributed by atoms with Crippen LogP contribution in [0.5, 0.6) is 0 Å². The Morgan fingerprint density at radius 2 is 2.45 bits per heavy atom. The maximum absolute atomic E-state index is 11.0. The van der Waals surface area contributed by atoms with Gasteiger partial charge in [0, 0.05) is 6.54 Å². The molecule has 0 bridgehead atoms. The maximum Gasteiger partial charge on any atom is 0.287 e. The zero-order valence-electron chi connectivity index (χ0n) is 6.06. The van der Waals surface area contributed by atoms with Crippen LogP contribution in [0, 0.1) is 0 Å². The molecule has 0 aliphatic rings. The van der Waals surface area contributed by atoms with Crippen molar-refractivity contribution >= 4 is 21.8 Å². The molecule has 3 nitrogen and oxygen atoms in total.